The summed E-state index contributed by atoms with van der Waals surface area (Å²) in [6.07, 6.45) is 5.69. The zero-order valence-electron chi connectivity index (χ0n) is 21.3. The van der Waals surface area contributed by atoms with Gasteiger partial charge in [0.15, 0.2) is 11.5 Å². The van der Waals surface area contributed by atoms with Crippen molar-refractivity contribution in [3.05, 3.63) is 53.6 Å². The van der Waals surface area contributed by atoms with E-state index < -0.39 is 6.10 Å². The summed E-state index contributed by atoms with van der Waals surface area (Å²) in [5.74, 6) is 2.23. The summed E-state index contributed by atoms with van der Waals surface area (Å²) < 4.78 is 27.9. The van der Waals surface area contributed by atoms with Crippen molar-refractivity contribution in [1.82, 2.24) is 5.32 Å². The van der Waals surface area contributed by atoms with E-state index in [0.29, 0.717) is 19.8 Å². The van der Waals surface area contributed by atoms with Gasteiger partial charge in [-0.2, -0.15) is 0 Å². The molecule has 7 nitrogen and oxygen atoms in total. The van der Waals surface area contributed by atoms with Crippen LogP contribution in [0.5, 0.6) is 17.2 Å². The first-order valence-electron chi connectivity index (χ1n) is 12.6. The topological polar surface area (TPSA) is 78.4 Å². The van der Waals surface area contributed by atoms with Gasteiger partial charge in [-0.3, -0.25) is 0 Å². The lowest BCUT2D eigenvalue weighted by Crippen LogP contribution is -2.47. The molecule has 2 aromatic rings. The second-order valence-electron chi connectivity index (χ2n) is 9.00. The average Bonchev–Trinajstić information content (AvgIpc) is 2.90. The van der Waals surface area contributed by atoms with Crippen LogP contribution in [0.25, 0.3) is 0 Å². The predicted molar refractivity (Wildman–Crippen MR) is 137 cm³/mol. The Bertz CT molecular complexity index is 859. The Labute approximate surface area is 209 Å². The number of methoxy groups -OCH3 is 3. The zero-order chi connectivity index (χ0) is 24.9. The van der Waals surface area contributed by atoms with Gasteiger partial charge in [-0.25, -0.2) is 0 Å². The number of aliphatic hydroxyl groups is 1. The molecule has 1 fully saturated rings. The summed E-state index contributed by atoms with van der Waals surface area (Å²) in [6, 6.07) is 14.2. The Kier molecular flexibility index (Phi) is 11.6. The Morgan fingerprint density at radius 3 is 2.34 bits per heavy atom. The standard InChI is InChI=1S/C28H41NO6/c1-31-16-14-21-8-11-24(12-9-21)35-20-23(30)19-29-25-6-4-5-7-26(25)34-17-15-22-10-13-27(32-2)28(18-22)33-3/h8-13,18,23,25-26,29-30H,4-7,14-17,19-20H2,1-3H3/t23-,25-,26-/m0/s1. The van der Waals surface area contributed by atoms with Gasteiger partial charge in [0.05, 0.1) is 33.5 Å². The van der Waals surface area contributed by atoms with Gasteiger partial charge in [-0.05, 0) is 61.1 Å². The van der Waals surface area contributed by atoms with E-state index >= 15 is 0 Å². The highest BCUT2D eigenvalue weighted by molar-refractivity contribution is 5.42. The molecular weight excluding hydrogens is 446 g/mol. The summed E-state index contributed by atoms with van der Waals surface area (Å²) in [5.41, 5.74) is 2.36. The molecule has 2 N–H and O–H groups in total. The summed E-state index contributed by atoms with van der Waals surface area (Å²) in [5, 5.41) is 14.0. The minimum absolute atomic E-state index is 0.150. The van der Waals surface area contributed by atoms with E-state index in [-0.39, 0.29) is 18.8 Å². The Morgan fingerprint density at radius 1 is 0.886 bits per heavy atom. The summed E-state index contributed by atoms with van der Waals surface area (Å²) in [6.45, 7) is 2.07. The van der Waals surface area contributed by atoms with E-state index in [1.807, 2.05) is 42.5 Å². The molecule has 194 valence electrons. The average molecular weight is 488 g/mol. The predicted octanol–water partition coefficient (Wildman–Crippen LogP) is 3.79. The lowest BCUT2D eigenvalue weighted by Gasteiger charge is -2.33. The molecule has 2 aromatic carbocycles. The molecule has 0 aromatic heterocycles. The van der Waals surface area contributed by atoms with Crippen molar-refractivity contribution in [3.8, 4) is 17.2 Å². The molecule has 1 aliphatic rings. The Hall–Kier alpha value is -2.32. The molecule has 1 aliphatic carbocycles. The van der Waals surface area contributed by atoms with E-state index in [9.17, 15) is 5.11 Å². The van der Waals surface area contributed by atoms with Crippen LogP contribution in [0.1, 0.15) is 36.8 Å². The lowest BCUT2D eigenvalue weighted by molar-refractivity contribution is 0.00183. The maximum atomic E-state index is 10.4. The third-order valence-electron chi connectivity index (χ3n) is 6.45. The van der Waals surface area contributed by atoms with Crippen molar-refractivity contribution < 1.29 is 28.8 Å². The molecule has 7 heteroatoms. The zero-order valence-corrected chi connectivity index (χ0v) is 21.3. The molecule has 0 heterocycles. The maximum absolute atomic E-state index is 10.4. The molecule has 0 saturated heterocycles. The van der Waals surface area contributed by atoms with Gasteiger partial charge in [0.1, 0.15) is 18.5 Å². The van der Waals surface area contributed by atoms with Gasteiger partial charge in [0.2, 0.25) is 0 Å². The number of hydrogen-bond donors (Lipinski definition) is 2. The molecule has 3 rings (SSSR count). The van der Waals surface area contributed by atoms with Crippen LogP contribution in [0, 0.1) is 0 Å². The highest BCUT2D eigenvalue weighted by Gasteiger charge is 2.26. The van der Waals surface area contributed by atoms with E-state index in [1.54, 1.807) is 21.3 Å². The smallest absolute Gasteiger partial charge is 0.160 e. The molecule has 0 bridgehead atoms. The van der Waals surface area contributed by atoms with Gasteiger partial charge in [-0.15, -0.1) is 0 Å². The molecule has 0 aliphatic heterocycles. The fraction of sp³-hybridized carbons (Fsp3) is 0.571. The number of aliphatic hydroxyl groups excluding tert-OH is 1. The largest absolute Gasteiger partial charge is 0.493 e. The quantitative estimate of drug-likeness (QED) is 0.396. The van der Waals surface area contributed by atoms with Crippen LogP contribution in [0.3, 0.4) is 0 Å². The second-order valence-corrected chi connectivity index (χ2v) is 9.00. The van der Waals surface area contributed by atoms with E-state index in [0.717, 1.165) is 48.5 Å². The molecule has 0 unspecified atom stereocenters. The molecule has 0 amide bonds. The van der Waals surface area contributed by atoms with Crippen molar-refractivity contribution in [3.63, 3.8) is 0 Å². The second kappa shape index (κ2) is 14.9. The fourth-order valence-electron chi connectivity index (χ4n) is 4.41. The van der Waals surface area contributed by atoms with Gasteiger partial charge < -0.3 is 34.1 Å². The highest BCUT2D eigenvalue weighted by Crippen LogP contribution is 2.28. The van der Waals surface area contributed by atoms with Crippen molar-refractivity contribution >= 4 is 0 Å². The van der Waals surface area contributed by atoms with E-state index in [4.69, 9.17) is 23.7 Å². The maximum Gasteiger partial charge on any atom is 0.160 e. The van der Waals surface area contributed by atoms with Crippen molar-refractivity contribution in [2.24, 2.45) is 0 Å². The minimum atomic E-state index is -0.586. The molecule has 0 spiro atoms. The number of benzene rings is 2. The van der Waals surface area contributed by atoms with E-state index in [2.05, 4.69) is 5.32 Å². The summed E-state index contributed by atoms with van der Waals surface area (Å²) >= 11 is 0. The number of nitrogens with one attached hydrogen (secondary N) is 1. The van der Waals surface area contributed by atoms with Crippen LogP contribution >= 0.6 is 0 Å². The van der Waals surface area contributed by atoms with Gasteiger partial charge in [-0.1, -0.05) is 31.0 Å². The summed E-state index contributed by atoms with van der Waals surface area (Å²) in [4.78, 5) is 0. The molecular formula is C28H41NO6. The molecule has 1 saturated carbocycles. The van der Waals surface area contributed by atoms with Crippen molar-refractivity contribution in [2.75, 3.05) is 47.7 Å². The van der Waals surface area contributed by atoms with Crippen LogP contribution in [0.15, 0.2) is 42.5 Å². The van der Waals surface area contributed by atoms with Gasteiger partial charge in [0.25, 0.3) is 0 Å². The number of hydrogen-bond acceptors (Lipinski definition) is 7. The van der Waals surface area contributed by atoms with Gasteiger partial charge >= 0.3 is 0 Å². The van der Waals surface area contributed by atoms with Crippen LogP contribution < -0.4 is 19.5 Å². The molecule has 3 atom stereocenters. The van der Waals surface area contributed by atoms with Crippen LogP contribution in [0.2, 0.25) is 0 Å². The minimum Gasteiger partial charge on any atom is -0.493 e. The highest BCUT2D eigenvalue weighted by atomic mass is 16.5. The first-order valence-corrected chi connectivity index (χ1v) is 12.6. The fourth-order valence-corrected chi connectivity index (χ4v) is 4.41. The number of rotatable bonds is 15. The number of ether oxygens (including phenoxy) is 5. The first-order chi connectivity index (χ1) is 17.1. The monoisotopic (exact) mass is 487 g/mol. The molecule has 0 radical (unpaired) electrons. The molecule has 35 heavy (non-hydrogen) atoms. The Morgan fingerprint density at radius 2 is 1.60 bits per heavy atom. The lowest BCUT2D eigenvalue weighted by atomic mass is 9.92. The van der Waals surface area contributed by atoms with Crippen molar-refractivity contribution in [1.29, 1.82) is 0 Å². The van der Waals surface area contributed by atoms with E-state index in [1.165, 1.54) is 18.4 Å². The van der Waals surface area contributed by atoms with Gasteiger partial charge in [0, 0.05) is 19.7 Å². The first kappa shape index (κ1) is 27.3. The normalized spacial score (nSPS) is 18.7. The van der Waals surface area contributed by atoms with Crippen LogP contribution in [-0.2, 0) is 22.3 Å². The van der Waals surface area contributed by atoms with Crippen molar-refractivity contribution in [2.45, 2.75) is 56.8 Å². The van der Waals surface area contributed by atoms with Crippen LogP contribution in [-0.4, -0.2) is 71.1 Å². The Balaban J connectivity index is 1.39. The van der Waals surface area contributed by atoms with Crippen LogP contribution in [0.4, 0.5) is 0 Å². The summed E-state index contributed by atoms with van der Waals surface area (Å²) in [7, 11) is 4.99. The third-order valence-corrected chi connectivity index (χ3v) is 6.45. The SMILES string of the molecule is COCCc1ccc(OC[C@@H](O)CN[C@H]2CCCC[C@@H]2OCCc2ccc(OC)c(OC)c2)cc1. The third kappa shape index (κ3) is 9.00.